The second kappa shape index (κ2) is 5.71. The zero-order valence-electron chi connectivity index (χ0n) is 12.5. The Bertz CT molecular complexity index is 630. The lowest BCUT2D eigenvalue weighted by atomic mass is 9.93. The van der Waals surface area contributed by atoms with Crippen molar-refractivity contribution in [1.82, 2.24) is 24.9 Å². The molecule has 1 atom stereocenters. The number of nitrogens with one attached hydrogen (secondary N) is 1. The van der Waals surface area contributed by atoms with E-state index < -0.39 is 0 Å². The van der Waals surface area contributed by atoms with E-state index in [1.54, 1.807) is 10.9 Å². The predicted octanol–water partition coefficient (Wildman–Crippen LogP) is 1.63. The third-order valence-corrected chi connectivity index (χ3v) is 4.11. The molecule has 3 rings (SSSR count). The van der Waals surface area contributed by atoms with Gasteiger partial charge in [0, 0.05) is 30.9 Å². The normalized spacial score (nSPS) is 19.0. The van der Waals surface area contributed by atoms with Gasteiger partial charge in [-0.1, -0.05) is 0 Å². The number of hydrogen-bond acceptors (Lipinski definition) is 3. The fourth-order valence-corrected chi connectivity index (χ4v) is 3.00. The predicted molar refractivity (Wildman–Crippen MR) is 78.8 cm³/mol. The quantitative estimate of drug-likeness (QED) is 0.933. The van der Waals surface area contributed by atoms with Gasteiger partial charge in [-0.05, 0) is 37.8 Å². The van der Waals surface area contributed by atoms with Crippen LogP contribution in [0.15, 0.2) is 18.6 Å². The van der Waals surface area contributed by atoms with Gasteiger partial charge >= 0.3 is 0 Å². The summed E-state index contributed by atoms with van der Waals surface area (Å²) in [5, 5.41) is 11.4. The molecule has 3 heterocycles. The first-order valence-corrected chi connectivity index (χ1v) is 7.40. The molecule has 1 amide bonds. The standard InChI is InChI=1S/C15H21N5O/c1-11-6-17-20(8-11)10-14(21)19-5-3-4-13(9-19)15-12(2)7-16-18-15/h6-8,13H,3-5,9-10H2,1-2H3,(H,16,18)/t13-/m0/s1. The SMILES string of the molecule is Cc1cnn(CC(=O)N2CCC[C@H](c3[nH]ncc3C)C2)c1. The molecule has 112 valence electrons. The molecule has 2 aromatic rings. The second-order valence-corrected chi connectivity index (χ2v) is 5.86. The maximum atomic E-state index is 12.4. The number of piperidine rings is 1. The van der Waals surface area contributed by atoms with Gasteiger partial charge in [0.05, 0.1) is 12.4 Å². The molecule has 0 bridgehead atoms. The molecular formula is C15H21N5O. The zero-order valence-corrected chi connectivity index (χ0v) is 12.5. The van der Waals surface area contributed by atoms with Gasteiger partial charge < -0.3 is 4.90 Å². The average Bonchev–Trinajstić information content (AvgIpc) is 3.07. The third-order valence-electron chi connectivity index (χ3n) is 4.11. The topological polar surface area (TPSA) is 66.8 Å². The van der Waals surface area contributed by atoms with Crippen LogP contribution in [0.1, 0.15) is 35.6 Å². The van der Waals surface area contributed by atoms with Crippen molar-refractivity contribution in [1.29, 1.82) is 0 Å². The van der Waals surface area contributed by atoms with E-state index in [4.69, 9.17) is 0 Å². The maximum Gasteiger partial charge on any atom is 0.244 e. The molecule has 0 aliphatic carbocycles. The highest BCUT2D eigenvalue weighted by Crippen LogP contribution is 2.27. The van der Waals surface area contributed by atoms with Gasteiger partial charge in [0.25, 0.3) is 0 Å². The summed E-state index contributed by atoms with van der Waals surface area (Å²) < 4.78 is 1.71. The average molecular weight is 287 g/mol. The first-order chi connectivity index (χ1) is 10.1. The van der Waals surface area contributed by atoms with Crippen LogP contribution < -0.4 is 0 Å². The van der Waals surface area contributed by atoms with Crippen LogP contribution in [0.5, 0.6) is 0 Å². The summed E-state index contributed by atoms with van der Waals surface area (Å²) in [6.45, 7) is 5.96. The van der Waals surface area contributed by atoms with Crippen LogP contribution >= 0.6 is 0 Å². The molecule has 0 saturated carbocycles. The minimum absolute atomic E-state index is 0.139. The number of H-pyrrole nitrogens is 1. The summed E-state index contributed by atoms with van der Waals surface area (Å²) >= 11 is 0. The molecule has 1 saturated heterocycles. The van der Waals surface area contributed by atoms with Crippen LogP contribution in [0.2, 0.25) is 0 Å². The summed E-state index contributed by atoms with van der Waals surface area (Å²) in [6.07, 6.45) is 7.67. The van der Waals surface area contributed by atoms with E-state index in [0.29, 0.717) is 12.5 Å². The van der Waals surface area contributed by atoms with Gasteiger partial charge in [0.15, 0.2) is 0 Å². The largest absolute Gasteiger partial charge is 0.340 e. The van der Waals surface area contributed by atoms with Gasteiger partial charge in [-0.2, -0.15) is 10.2 Å². The molecule has 1 aliphatic rings. The van der Waals surface area contributed by atoms with Crippen LogP contribution in [-0.2, 0) is 11.3 Å². The van der Waals surface area contributed by atoms with E-state index in [1.165, 1.54) is 11.3 Å². The highest BCUT2D eigenvalue weighted by atomic mass is 16.2. The Kier molecular flexibility index (Phi) is 3.77. The summed E-state index contributed by atoms with van der Waals surface area (Å²) in [4.78, 5) is 14.4. The molecule has 6 heteroatoms. The Morgan fingerprint density at radius 3 is 2.95 bits per heavy atom. The summed E-state index contributed by atoms with van der Waals surface area (Å²) in [5.41, 5.74) is 3.42. The summed E-state index contributed by atoms with van der Waals surface area (Å²) in [5.74, 6) is 0.504. The first kappa shape index (κ1) is 13.9. The lowest BCUT2D eigenvalue weighted by Gasteiger charge is -2.32. The van der Waals surface area contributed by atoms with Gasteiger partial charge in [-0.15, -0.1) is 0 Å². The van der Waals surface area contributed by atoms with Crippen LogP contribution in [-0.4, -0.2) is 43.9 Å². The molecule has 0 aromatic carbocycles. The number of rotatable bonds is 3. The smallest absolute Gasteiger partial charge is 0.244 e. The van der Waals surface area contributed by atoms with E-state index in [9.17, 15) is 4.79 Å². The number of aromatic nitrogens is 4. The Balaban J connectivity index is 1.65. The molecule has 0 radical (unpaired) electrons. The van der Waals surface area contributed by atoms with E-state index in [0.717, 1.165) is 31.5 Å². The molecule has 6 nitrogen and oxygen atoms in total. The van der Waals surface area contributed by atoms with Crippen molar-refractivity contribution in [3.63, 3.8) is 0 Å². The van der Waals surface area contributed by atoms with Crippen LogP contribution in [0, 0.1) is 13.8 Å². The number of nitrogens with zero attached hydrogens (tertiary/aromatic N) is 4. The fraction of sp³-hybridized carbons (Fsp3) is 0.533. The van der Waals surface area contributed by atoms with E-state index in [-0.39, 0.29) is 5.91 Å². The number of carbonyl (C=O) groups excluding carboxylic acids is 1. The van der Waals surface area contributed by atoms with Crippen molar-refractivity contribution >= 4 is 5.91 Å². The van der Waals surface area contributed by atoms with Crippen LogP contribution in [0.3, 0.4) is 0 Å². The maximum absolute atomic E-state index is 12.4. The zero-order chi connectivity index (χ0) is 14.8. The lowest BCUT2D eigenvalue weighted by molar-refractivity contribution is -0.133. The van der Waals surface area contributed by atoms with Gasteiger partial charge in [-0.25, -0.2) is 0 Å². The molecule has 0 spiro atoms. The summed E-state index contributed by atoms with van der Waals surface area (Å²) in [6, 6.07) is 0. The molecule has 21 heavy (non-hydrogen) atoms. The first-order valence-electron chi connectivity index (χ1n) is 7.40. The minimum atomic E-state index is 0.139. The van der Waals surface area contributed by atoms with Crippen molar-refractivity contribution < 1.29 is 4.79 Å². The molecule has 1 fully saturated rings. The van der Waals surface area contributed by atoms with Crippen molar-refractivity contribution in [3.8, 4) is 0 Å². The second-order valence-electron chi connectivity index (χ2n) is 5.86. The molecule has 1 aliphatic heterocycles. The number of hydrogen-bond donors (Lipinski definition) is 1. The lowest BCUT2D eigenvalue weighted by Crippen LogP contribution is -2.41. The van der Waals surface area contributed by atoms with Crippen molar-refractivity contribution in [3.05, 3.63) is 35.4 Å². The number of likely N-dealkylation sites (tertiary alicyclic amines) is 1. The summed E-state index contributed by atoms with van der Waals surface area (Å²) in [7, 11) is 0. The number of carbonyl (C=O) groups is 1. The van der Waals surface area contributed by atoms with Crippen molar-refractivity contribution in [2.24, 2.45) is 0 Å². The number of aromatic amines is 1. The number of amides is 1. The Labute approximate surface area is 124 Å². The highest BCUT2D eigenvalue weighted by Gasteiger charge is 2.26. The third kappa shape index (κ3) is 2.99. The Morgan fingerprint density at radius 1 is 1.43 bits per heavy atom. The van der Waals surface area contributed by atoms with Crippen LogP contribution in [0.25, 0.3) is 0 Å². The van der Waals surface area contributed by atoms with Gasteiger partial charge in [0.2, 0.25) is 5.91 Å². The molecule has 2 aromatic heterocycles. The van der Waals surface area contributed by atoms with E-state index in [2.05, 4.69) is 22.2 Å². The molecule has 0 unspecified atom stereocenters. The molecular weight excluding hydrogens is 266 g/mol. The monoisotopic (exact) mass is 287 g/mol. The Hall–Kier alpha value is -2.11. The van der Waals surface area contributed by atoms with E-state index in [1.807, 2.05) is 24.2 Å². The highest BCUT2D eigenvalue weighted by molar-refractivity contribution is 5.76. The molecule has 1 N–H and O–H groups in total. The minimum Gasteiger partial charge on any atom is -0.340 e. The van der Waals surface area contributed by atoms with Crippen molar-refractivity contribution in [2.75, 3.05) is 13.1 Å². The Morgan fingerprint density at radius 2 is 2.29 bits per heavy atom. The van der Waals surface area contributed by atoms with Crippen molar-refractivity contribution in [2.45, 2.75) is 39.2 Å². The number of aryl methyl sites for hydroxylation is 2. The van der Waals surface area contributed by atoms with Gasteiger partial charge in [0.1, 0.15) is 6.54 Å². The fourth-order valence-electron chi connectivity index (χ4n) is 3.00. The van der Waals surface area contributed by atoms with Crippen LogP contribution in [0.4, 0.5) is 0 Å². The van der Waals surface area contributed by atoms with E-state index >= 15 is 0 Å². The van der Waals surface area contributed by atoms with Gasteiger partial charge in [-0.3, -0.25) is 14.6 Å².